The molecule has 2 aliphatic heterocycles. The predicted molar refractivity (Wildman–Crippen MR) is 254 cm³/mol. The van der Waals surface area contributed by atoms with E-state index >= 15 is 0 Å². The van der Waals surface area contributed by atoms with Gasteiger partial charge in [-0.15, -0.1) is 11.8 Å². The van der Waals surface area contributed by atoms with E-state index in [1.807, 2.05) is 42.5 Å². The molecule has 10 nitrogen and oxygen atoms in total. The molecule has 1 aliphatic carbocycles. The van der Waals surface area contributed by atoms with Crippen LogP contribution in [0.1, 0.15) is 55.5 Å². The number of carbonyl (C=O) groups excluding carboxylic acids is 1. The minimum atomic E-state index is -5.26. The molecule has 0 amide bonds. The minimum absolute atomic E-state index is 0.125. The molecule has 64 heavy (non-hydrogen) atoms. The number of hydrogen-bond donors (Lipinski definition) is 1. The van der Waals surface area contributed by atoms with Crippen molar-refractivity contribution in [2.45, 2.75) is 66.0 Å². The van der Waals surface area contributed by atoms with Gasteiger partial charge in [-0.25, -0.2) is 16.8 Å². The van der Waals surface area contributed by atoms with Crippen molar-refractivity contribution in [2.24, 2.45) is 5.41 Å². The van der Waals surface area contributed by atoms with Gasteiger partial charge in [0, 0.05) is 85.3 Å². The molecule has 0 bridgehead atoms. The molecule has 4 aromatic carbocycles. The Morgan fingerprint density at radius 2 is 1.55 bits per heavy atom. The standard InChI is InChI=1S/C48H57ClF2N4O6S3/c1-48(2)20-18-43(35-8-12-38(49)13-9-35)37(31-48)32-54-22-24-55(25-23-54)40-14-10-36(11-15-40)45(56)34-63(57,58)42-16-17-44(46(30-42)64(59,60)47(50)51)52-39(19-21-53-26-28-61-29-27-53)33-62-41-6-4-3-5-7-41/h3-17,30,39,47,52H,18-29,31-34H2,1-2H3/t39-/m1/s1. The lowest BCUT2D eigenvalue weighted by Crippen LogP contribution is -2.47. The Bertz CT molecular complexity index is 2480. The van der Waals surface area contributed by atoms with E-state index < -0.39 is 46.8 Å². The molecule has 0 aromatic heterocycles. The number of ether oxygens (including phenoxy) is 1. The van der Waals surface area contributed by atoms with E-state index in [1.54, 1.807) is 24.3 Å². The van der Waals surface area contributed by atoms with E-state index in [0.29, 0.717) is 31.9 Å². The number of morpholine rings is 1. The van der Waals surface area contributed by atoms with Crippen LogP contribution in [-0.4, -0.2) is 121 Å². The third kappa shape index (κ3) is 12.5. The van der Waals surface area contributed by atoms with Gasteiger partial charge in [0.15, 0.2) is 15.6 Å². The smallest absolute Gasteiger partial charge is 0.341 e. The summed E-state index contributed by atoms with van der Waals surface area (Å²) in [6.07, 6.45) is 3.77. The molecule has 4 aromatic rings. The number of carbonyl (C=O) groups is 1. The van der Waals surface area contributed by atoms with Gasteiger partial charge in [-0.05, 0) is 109 Å². The second kappa shape index (κ2) is 21.2. The highest BCUT2D eigenvalue weighted by molar-refractivity contribution is 7.99. The van der Waals surface area contributed by atoms with Crippen LogP contribution in [0.15, 0.2) is 117 Å². The summed E-state index contributed by atoms with van der Waals surface area (Å²) in [4.78, 5) is 20.0. The lowest BCUT2D eigenvalue weighted by molar-refractivity contribution is 0.0370. The van der Waals surface area contributed by atoms with Crippen LogP contribution in [0.3, 0.4) is 0 Å². The quantitative estimate of drug-likeness (QED) is 0.0761. The first-order chi connectivity index (χ1) is 30.6. The van der Waals surface area contributed by atoms with Crippen molar-refractivity contribution in [1.82, 2.24) is 9.80 Å². The number of allylic oxidation sites excluding steroid dienone is 1. The molecule has 2 saturated heterocycles. The number of rotatable bonds is 18. The number of hydrogen-bond acceptors (Lipinski definition) is 11. The highest BCUT2D eigenvalue weighted by atomic mass is 35.5. The molecule has 1 atom stereocenters. The number of anilines is 2. The first-order valence-electron chi connectivity index (χ1n) is 21.8. The summed E-state index contributed by atoms with van der Waals surface area (Å²) in [6, 6.07) is 27.3. The summed E-state index contributed by atoms with van der Waals surface area (Å²) >= 11 is 7.73. The summed E-state index contributed by atoms with van der Waals surface area (Å²) in [5.41, 5.74) is 5.32. The maximum atomic E-state index is 14.2. The van der Waals surface area contributed by atoms with Crippen LogP contribution in [0.2, 0.25) is 5.02 Å². The van der Waals surface area contributed by atoms with Gasteiger partial charge in [0.05, 0.1) is 28.7 Å². The van der Waals surface area contributed by atoms with Crippen molar-refractivity contribution in [3.8, 4) is 0 Å². The number of Topliss-reactive ketones (excluding diaryl/α,β-unsaturated/α-hetero) is 1. The van der Waals surface area contributed by atoms with E-state index in [4.69, 9.17) is 16.3 Å². The Hall–Kier alpha value is -3.83. The van der Waals surface area contributed by atoms with E-state index in [2.05, 4.69) is 46.0 Å². The fourth-order valence-electron chi connectivity index (χ4n) is 8.64. The third-order valence-corrected chi connectivity index (χ3v) is 16.8. The molecule has 0 unspecified atom stereocenters. The first kappa shape index (κ1) is 48.1. The van der Waals surface area contributed by atoms with E-state index in [1.165, 1.54) is 40.6 Å². The number of halogens is 3. The molecule has 1 N–H and O–H groups in total. The fraction of sp³-hybridized carbons (Fsp3) is 0.438. The van der Waals surface area contributed by atoms with Crippen molar-refractivity contribution in [3.63, 3.8) is 0 Å². The normalized spacial score (nSPS) is 18.3. The highest BCUT2D eigenvalue weighted by Gasteiger charge is 2.33. The number of alkyl halides is 2. The largest absolute Gasteiger partial charge is 0.380 e. The van der Waals surface area contributed by atoms with Gasteiger partial charge in [-0.1, -0.05) is 61.4 Å². The first-order valence-corrected chi connectivity index (χ1v) is 26.3. The summed E-state index contributed by atoms with van der Waals surface area (Å²) in [6.45, 7) is 12.2. The average molecular weight is 956 g/mol. The van der Waals surface area contributed by atoms with Gasteiger partial charge in [-0.3, -0.25) is 14.6 Å². The van der Waals surface area contributed by atoms with Gasteiger partial charge in [0.25, 0.3) is 0 Å². The monoisotopic (exact) mass is 954 g/mol. The van der Waals surface area contributed by atoms with Crippen molar-refractivity contribution < 1.29 is 35.1 Å². The molecular weight excluding hydrogens is 898 g/mol. The molecule has 0 spiro atoms. The maximum Gasteiger partial charge on any atom is 0.341 e. The summed E-state index contributed by atoms with van der Waals surface area (Å²) < 4.78 is 87.5. The van der Waals surface area contributed by atoms with Crippen LogP contribution >= 0.6 is 23.4 Å². The molecule has 0 saturated carbocycles. The highest BCUT2D eigenvalue weighted by Crippen LogP contribution is 2.43. The Balaban J connectivity index is 1.00. The molecule has 0 radical (unpaired) electrons. The average Bonchev–Trinajstić information content (AvgIpc) is 3.28. The predicted octanol–water partition coefficient (Wildman–Crippen LogP) is 9.07. The van der Waals surface area contributed by atoms with E-state index in [9.17, 15) is 30.4 Å². The molecule has 7 rings (SSSR count). The number of thioether (sulfide) groups is 1. The number of sulfone groups is 2. The lowest BCUT2D eigenvalue weighted by Gasteiger charge is -2.39. The Morgan fingerprint density at radius 1 is 0.859 bits per heavy atom. The Kier molecular flexibility index (Phi) is 15.9. The molecule has 2 heterocycles. The maximum absolute atomic E-state index is 14.2. The summed E-state index contributed by atoms with van der Waals surface area (Å²) in [5, 5.41) is 3.89. The summed E-state index contributed by atoms with van der Waals surface area (Å²) in [5.74, 6) is -4.98. The number of nitrogens with one attached hydrogen (secondary N) is 1. The second-order valence-electron chi connectivity index (χ2n) is 17.6. The number of benzene rings is 4. The van der Waals surface area contributed by atoms with Crippen LogP contribution in [0.5, 0.6) is 0 Å². The minimum Gasteiger partial charge on any atom is -0.380 e. The topological polar surface area (TPSA) is 116 Å². The van der Waals surface area contributed by atoms with Gasteiger partial charge in [-0.2, -0.15) is 8.78 Å². The van der Waals surface area contributed by atoms with E-state index in [-0.39, 0.29) is 22.7 Å². The molecule has 2 fully saturated rings. The van der Waals surface area contributed by atoms with Gasteiger partial charge in [0.1, 0.15) is 5.75 Å². The van der Waals surface area contributed by atoms with E-state index in [0.717, 1.165) is 86.7 Å². The Morgan fingerprint density at radius 3 is 2.22 bits per heavy atom. The van der Waals surface area contributed by atoms with Crippen molar-refractivity contribution in [2.75, 3.05) is 87.3 Å². The zero-order valence-electron chi connectivity index (χ0n) is 36.4. The zero-order valence-corrected chi connectivity index (χ0v) is 39.6. The molecule has 3 aliphatic rings. The van der Waals surface area contributed by atoms with Crippen molar-refractivity contribution in [1.29, 1.82) is 0 Å². The SMILES string of the molecule is CC1(C)CCC(c2ccc(Cl)cc2)=C(CN2CCN(c3ccc(C(=O)CS(=O)(=O)c4ccc(N[C@H](CCN5CCOCC5)CSc5ccccc5)c(S(=O)(=O)C(F)F)c4)cc3)CC2)C1. The van der Waals surface area contributed by atoms with Crippen LogP contribution in [-0.2, 0) is 24.4 Å². The van der Waals surface area contributed by atoms with Crippen LogP contribution < -0.4 is 10.2 Å². The molecular formula is C48H57ClF2N4O6S3. The summed E-state index contributed by atoms with van der Waals surface area (Å²) in [7, 11) is -9.71. The van der Waals surface area contributed by atoms with Gasteiger partial charge < -0.3 is 15.0 Å². The second-order valence-corrected chi connectivity index (χ2v) is 23.0. The Labute approximate surface area is 386 Å². The van der Waals surface area contributed by atoms with Gasteiger partial charge in [0.2, 0.25) is 9.84 Å². The molecule has 16 heteroatoms. The zero-order chi connectivity index (χ0) is 45.5. The number of piperazine rings is 1. The number of ketones is 1. The van der Waals surface area contributed by atoms with Gasteiger partial charge >= 0.3 is 5.76 Å². The van der Waals surface area contributed by atoms with Crippen molar-refractivity contribution in [3.05, 3.63) is 119 Å². The number of nitrogens with zero attached hydrogens (tertiary/aromatic N) is 3. The van der Waals surface area contributed by atoms with Crippen molar-refractivity contribution >= 4 is 65.8 Å². The van der Waals surface area contributed by atoms with Crippen LogP contribution in [0, 0.1) is 5.41 Å². The lowest BCUT2D eigenvalue weighted by atomic mass is 9.73. The third-order valence-electron chi connectivity index (χ3n) is 12.3. The van der Waals surface area contributed by atoms with Crippen LogP contribution in [0.4, 0.5) is 20.2 Å². The molecule has 344 valence electrons. The van der Waals surface area contributed by atoms with Crippen LogP contribution in [0.25, 0.3) is 5.57 Å². The fourth-order valence-corrected chi connectivity index (χ4v) is 12.0.